The number of nitrogens with zero attached hydrogens (tertiary/aromatic N) is 1. The van der Waals surface area contributed by atoms with E-state index in [1.807, 2.05) is 6.92 Å². The molecule has 0 aromatic carbocycles. The van der Waals surface area contributed by atoms with Crippen LogP contribution in [0.4, 0.5) is 0 Å². The fourth-order valence-electron chi connectivity index (χ4n) is 1.72. The molecule has 0 unspecified atom stereocenters. The van der Waals surface area contributed by atoms with Crippen LogP contribution < -0.4 is 0 Å². The van der Waals surface area contributed by atoms with E-state index in [4.69, 9.17) is 4.74 Å². The highest BCUT2D eigenvalue weighted by atomic mass is 16.5. The molecule has 3 nitrogen and oxygen atoms in total. The average molecular weight is 187 g/mol. The molecule has 0 aromatic heterocycles. The predicted molar refractivity (Wildman–Crippen MR) is 52.8 cm³/mol. The van der Waals surface area contributed by atoms with Crippen molar-refractivity contribution in [2.75, 3.05) is 32.8 Å². The highest BCUT2D eigenvalue weighted by molar-refractivity contribution is 4.85. The zero-order valence-electron chi connectivity index (χ0n) is 8.75. The van der Waals surface area contributed by atoms with Gasteiger partial charge in [0.1, 0.15) is 0 Å². The van der Waals surface area contributed by atoms with Crippen molar-refractivity contribution in [2.24, 2.45) is 0 Å². The van der Waals surface area contributed by atoms with Crippen molar-refractivity contribution >= 4 is 0 Å². The third-order valence-corrected chi connectivity index (χ3v) is 2.81. The lowest BCUT2D eigenvalue weighted by atomic mass is 9.92. The fourth-order valence-corrected chi connectivity index (χ4v) is 1.72. The molecule has 1 N–H and O–H groups in total. The summed E-state index contributed by atoms with van der Waals surface area (Å²) in [4.78, 5) is 2.36. The van der Waals surface area contributed by atoms with Crippen molar-refractivity contribution in [3.63, 3.8) is 0 Å². The van der Waals surface area contributed by atoms with E-state index < -0.39 is 5.60 Å². The zero-order valence-corrected chi connectivity index (χ0v) is 8.75. The topological polar surface area (TPSA) is 32.7 Å². The lowest BCUT2D eigenvalue weighted by Crippen LogP contribution is -2.47. The van der Waals surface area contributed by atoms with Gasteiger partial charge in [0.25, 0.3) is 0 Å². The Morgan fingerprint density at radius 1 is 1.31 bits per heavy atom. The van der Waals surface area contributed by atoms with E-state index in [2.05, 4.69) is 11.8 Å². The maximum Gasteiger partial charge on any atom is 0.0904 e. The molecule has 78 valence electrons. The van der Waals surface area contributed by atoms with Crippen molar-refractivity contribution in [1.82, 2.24) is 4.90 Å². The first-order chi connectivity index (χ1) is 6.20. The first-order valence-corrected chi connectivity index (χ1v) is 5.22. The lowest BCUT2D eigenvalue weighted by Gasteiger charge is -2.37. The summed E-state index contributed by atoms with van der Waals surface area (Å²) >= 11 is 0. The third-order valence-electron chi connectivity index (χ3n) is 2.81. The second-order valence-electron chi connectivity index (χ2n) is 3.80. The number of piperidine rings is 1. The smallest absolute Gasteiger partial charge is 0.0904 e. The van der Waals surface area contributed by atoms with E-state index in [9.17, 15) is 5.11 Å². The Labute approximate surface area is 80.7 Å². The first-order valence-electron chi connectivity index (χ1n) is 5.22. The standard InChI is InChI=1S/C10H21NO2/c1-3-11-7-5-10(12,6-8-11)9-13-4-2/h12H,3-9H2,1-2H3. The summed E-state index contributed by atoms with van der Waals surface area (Å²) < 4.78 is 5.28. The van der Waals surface area contributed by atoms with E-state index >= 15 is 0 Å². The minimum absolute atomic E-state index is 0.501. The van der Waals surface area contributed by atoms with Gasteiger partial charge in [0.05, 0.1) is 12.2 Å². The molecule has 1 aliphatic heterocycles. The minimum atomic E-state index is -0.554. The summed E-state index contributed by atoms with van der Waals surface area (Å²) in [6.07, 6.45) is 1.70. The molecule has 3 heteroatoms. The Kier molecular flexibility index (Phi) is 4.16. The van der Waals surface area contributed by atoms with Crippen LogP contribution in [-0.4, -0.2) is 48.5 Å². The molecule has 0 aromatic rings. The molecule has 0 atom stereocenters. The molecule has 1 heterocycles. The number of rotatable bonds is 4. The maximum atomic E-state index is 10.1. The molecule has 1 fully saturated rings. The van der Waals surface area contributed by atoms with E-state index in [-0.39, 0.29) is 0 Å². The quantitative estimate of drug-likeness (QED) is 0.709. The van der Waals surface area contributed by atoms with Gasteiger partial charge in [0.2, 0.25) is 0 Å². The van der Waals surface area contributed by atoms with Crippen LogP contribution in [0.15, 0.2) is 0 Å². The number of aliphatic hydroxyl groups is 1. The molecule has 0 saturated carbocycles. The van der Waals surface area contributed by atoms with Gasteiger partial charge in [-0.3, -0.25) is 0 Å². The van der Waals surface area contributed by atoms with Gasteiger partial charge in [-0.05, 0) is 26.3 Å². The summed E-state index contributed by atoms with van der Waals surface area (Å²) in [5, 5.41) is 10.1. The van der Waals surface area contributed by atoms with E-state index in [1.165, 1.54) is 0 Å². The van der Waals surface area contributed by atoms with Gasteiger partial charge in [-0.15, -0.1) is 0 Å². The van der Waals surface area contributed by atoms with Crippen LogP contribution in [0.5, 0.6) is 0 Å². The number of hydrogen-bond acceptors (Lipinski definition) is 3. The molecular formula is C10H21NO2. The van der Waals surface area contributed by atoms with Gasteiger partial charge in [-0.25, -0.2) is 0 Å². The summed E-state index contributed by atoms with van der Waals surface area (Å²) in [5.41, 5.74) is -0.554. The van der Waals surface area contributed by atoms with Crippen molar-refractivity contribution in [2.45, 2.75) is 32.3 Å². The van der Waals surface area contributed by atoms with Crippen LogP contribution in [0.1, 0.15) is 26.7 Å². The van der Waals surface area contributed by atoms with E-state index in [0.717, 1.165) is 32.5 Å². The zero-order chi connectivity index (χ0) is 9.73. The van der Waals surface area contributed by atoms with Crippen LogP contribution in [-0.2, 0) is 4.74 Å². The Morgan fingerprint density at radius 2 is 1.92 bits per heavy atom. The van der Waals surface area contributed by atoms with Crippen LogP contribution in [0.25, 0.3) is 0 Å². The van der Waals surface area contributed by atoms with Gasteiger partial charge in [0, 0.05) is 19.7 Å². The summed E-state index contributed by atoms with van der Waals surface area (Å²) in [7, 11) is 0. The van der Waals surface area contributed by atoms with Crippen LogP contribution in [0.3, 0.4) is 0 Å². The monoisotopic (exact) mass is 187 g/mol. The molecule has 1 saturated heterocycles. The van der Waals surface area contributed by atoms with Crippen molar-refractivity contribution in [3.8, 4) is 0 Å². The second kappa shape index (κ2) is 4.94. The maximum absolute atomic E-state index is 10.1. The van der Waals surface area contributed by atoms with E-state index in [0.29, 0.717) is 13.2 Å². The molecule has 0 amide bonds. The molecule has 0 spiro atoms. The molecule has 0 radical (unpaired) electrons. The van der Waals surface area contributed by atoms with Crippen molar-refractivity contribution < 1.29 is 9.84 Å². The van der Waals surface area contributed by atoms with Gasteiger partial charge in [-0.1, -0.05) is 6.92 Å². The van der Waals surface area contributed by atoms with Crippen LogP contribution >= 0.6 is 0 Å². The first kappa shape index (κ1) is 11.0. The molecule has 0 bridgehead atoms. The largest absolute Gasteiger partial charge is 0.387 e. The van der Waals surface area contributed by atoms with Crippen LogP contribution in [0.2, 0.25) is 0 Å². The number of ether oxygens (including phenoxy) is 1. The summed E-state index contributed by atoms with van der Waals surface area (Å²) in [6.45, 7) is 8.41. The summed E-state index contributed by atoms with van der Waals surface area (Å²) in [6, 6.07) is 0. The highest BCUT2D eigenvalue weighted by Gasteiger charge is 2.31. The SMILES string of the molecule is CCOCC1(O)CCN(CC)CC1. The van der Waals surface area contributed by atoms with E-state index in [1.54, 1.807) is 0 Å². The highest BCUT2D eigenvalue weighted by Crippen LogP contribution is 2.22. The normalized spacial score (nSPS) is 23.3. The van der Waals surface area contributed by atoms with Gasteiger partial charge in [0.15, 0.2) is 0 Å². The second-order valence-corrected chi connectivity index (χ2v) is 3.80. The molecule has 0 aliphatic carbocycles. The fraction of sp³-hybridized carbons (Fsp3) is 1.00. The molecule has 13 heavy (non-hydrogen) atoms. The predicted octanol–water partition coefficient (Wildman–Crippen LogP) is 0.870. The Hall–Kier alpha value is -0.120. The third kappa shape index (κ3) is 3.25. The molecular weight excluding hydrogens is 166 g/mol. The molecule has 1 rings (SSSR count). The van der Waals surface area contributed by atoms with Crippen LogP contribution in [0, 0.1) is 0 Å². The average Bonchev–Trinajstić information content (AvgIpc) is 2.16. The Morgan fingerprint density at radius 3 is 2.38 bits per heavy atom. The minimum Gasteiger partial charge on any atom is -0.387 e. The van der Waals surface area contributed by atoms with Gasteiger partial charge in [-0.2, -0.15) is 0 Å². The number of likely N-dealkylation sites (tertiary alicyclic amines) is 1. The number of hydrogen-bond donors (Lipinski definition) is 1. The lowest BCUT2D eigenvalue weighted by molar-refractivity contribution is -0.0787. The van der Waals surface area contributed by atoms with Gasteiger partial charge < -0.3 is 14.7 Å². The van der Waals surface area contributed by atoms with Crippen molar-refractivity contribution in [3.05, 3.63) is 0 Å². The van der Waals surface area contributed by atoms with Crippen molar-refractivity contribution in [1.29, 1.82) is 0 Å². The Balaban J connectivity index is 2.28. The Bertz CT molecular complexity index is 142. The van der Waals surface area contributed by atoms with Gasteiger partial charge >= 0.3 is 0 Å². The molecule has 1 aliphatic rings. The summed E-state index contributed by atoms with van der Waals surface area (Å²) in [5.74, 6) is 0.